The molecule has 0 spiro atoms. The minimum absolute atomic E-state index is 0.110. The summed E-state index contributed by atoms with van der Waals surface area (Å²) in [7, 11) is 1.63. The maximum atomic E-state index is 13.3. The van der Waals surface area contributed by atoms with Crippen molar-refractivity contribution in [2.24, 2.45) is 5.84 Å². The number of nitrogens with two attached hydrogens (primary N) is 1. The van der Waals surface area contributed by atoms with Gasteiger partial charge in [0.1, 0.15) is 0 Å². The van der Waals surface area contributed by atoms with Crippen molar-refractivity contribution >= 4 is 28.8 Å². The van der Waals surface area contributed by atoms with Gasteiger partial charge >= 0.3 is 0 Å². The highest BCUT2D eigenvalue weighted by Crippen LogP contribution is 2.33. The van der Waals surface area contributed by atoms with E-state index < -0.39 is 0 Å². The van der Waals surface area contributed by atoms with Crippen LogP contribution in [0.1, 0.15) is 41.2 Å². The van der Waals surface area contributed by atoms with E-state index in [-0.39, 0.29) is 17.9 Å². The molecule has 4 rings (SSSR count). The first-order chi connectivity index (χ1) is 17.5. The molecule has 9 nitrogen and oxygen atoms in total. The number of hydrazine groups is 1. The summed E-state index contributed by atoms with van der Waals surface area (Å²) in [5.41, 5.74) is 2.94. The molecule has 2 amide bonds. The molecule has 1 fully saturated rings. The average Bonchev–Trinajstić information content (AvgIpc) is 3.14. The average molecular weight is 492 g/mol. The molecule has 190 valence electrons. The lowest BCUT2D eigenvalue weighted by molar-refractivity contribution is -0.126. The van der Waals surface area contributed by atoms with Crippen LogP contribution in [0.15, 0.2) is 61.2 Å². The Morgan fingerprint density at radius 3 is 2.72 bits per heavy atom. The van der Waals surface area contributed by atoms with E-state index in [0.717, 1.165) is 35.4 Å². The lowest BCUT2D eigenvalue weighted by Gasteiger charge is -2.28. The number of nitrogens with zero attached hydrogens (tertiary/aromatic N) is 4. The van der Waals surface area contributed by atoms with Crippen molar-refractivity contribution in [2.75, 3.05) is 38.4 Å². The molecule has 0 bridgehead atoms. The topological polar surface area (TPSA) is 103 Å². The number of hydrogen-bond acceptors (Lipinski definition) is 6. The summed E-state index contributed by atoms with van der Waals surface area (Å²) in [6, 6.07) is 14.6. The summed E-state index contributed by atoms with van der Waals surface area (Å²) in [5, 5.41) is 1.11. The van der Waals surface area contributed by atoms with Crippen LogP contribution in [0.2, 0.25) is 0 Å². The summed E-state index contributed by atoms with van der Waals surface area (Å²) >= 11 is 0. The molecule has 2 N–H and O–H groups in total. The Labute approximate surface area is 211 Å². The van der Waals surface area contributed by atoms with Gasteiger partial charge in [-0.25, -0.2) is 15.8 Å². The normalized spacial score (nSPS) is 16.1. The van der Waals surface area contributed by atoms with Gasteiger partial charge in [0, 0.05) is 31.3 Å². The zero-order valence-corrected chi connectivity index (χ0v) is 20.6. The van der Waals surface area contributed by atoms with Crippen LogP contribution in [0.5, 0.6) is 0 Å². The minimum atomic E-state index is -0.363. The predicted octanol–water partition coefficient (Wildman–Crippen LogP) is 3.46. The van der Waals surface area contributed by atoms with Crippen molar-refractivity contribution in [1.82, 2.24) is 14.5 Å². The monoisotopic (exact) mass is 491 g/mol. The summed E-state index contributed by atoms with van der Waals surface area (Å²) in [6.07, 6.45) is 3.97. The Morgan fingerprint density at radius 1 is 1.17 bits per heavy atom. The molecule has 0 unspecified atom stereocenters. The number of carbonyl (C=O) groups excluding carboxylic acids is 2. The fourth-order valence-corrected chi connectivity index (χ4v) is 4.63. The number of likely N-dealkylation sites (tertiary alicyclic amines) is 1. The quantitative estimate of drug-likeness (QED) is 0.162. The van der Waals surface area contributed by atoms with E-state index in [9.17, 15) is 9.59 Å². The smallest absolute Gasteiger partial charge is 0.274 e. The van der Waals surface area contributed by atoms with Crippen LogP contribution in [0.4, 0.5) is 5.95 Å². The van der Waals surface area contributed by atoms with Crippen LogP contribution in [-0.2, 0) is 20.9 Å². The van der Waals surface area contributed by atoms with Crippen molar-refractivity contribution in [1.29, 1.82) is 0 Å². The molecular weight excluding hydrogens is 458 g/mol. The summed E-state index contributed by atoms with van der Waals surface area (Å²) in [4.78, 5) is 32.4. The molecule has 36 heavy (non-hydrogen) atoms. The van der Waals surface area contributed by atoms with E-state index in [2.05, 4.69) is 6.58 Å². The standard InChI is InChI=1S/C27H33N5O4/c1-3-24(33)30-15-8-7-13-22(18-30)31-25-21(19-36-17-16-35-2)12-9-14-23(25)29-27(31)32(28)26(34)20-10-5-4-6-11-20/h3-6,9-12,14,22H,1,7-8,13,15-19,28H2,2H3/t22-/m1/s1. The number of benzene rings is 2. The minimum Gasteiger partial charge on any atom is -0.382 e. The number of para-hydroxylation sites is 1. The Balaban J connectivity index is 1.81. The maximum Gasteiger partial charge on any atom is 0.274 e. The third-order valence-electron chi connectivity index (χ3n) is 6.42. The van der Waals surface area contributed by atoms with Crippen molar-refractivity contribution in [3.05, 3.63) is 72.3 Å². The third-order valence-corrected chi connectivity index (χ3v) is 6.42. The van der Waals surface area contributed by atoms with E-state index in [1.54, 1.807) is 36.3 Å². The van der Waals surface area contributed by atoms with Crippen LogP contribution in [0.25, 0.3) is 11.0 Å². The maximum absolute atomic E-state index is 13.3. The zero-order chi connectivity index (χ0) is 25.5. The molecule has 0 saturated carbocycles. The Kier molecular flexibility index (Phi) is 8.48. The number of hydrogen-bond donors (Lipinski definition) is 1. The summed E-state index contributed by atoms with van der Waals surface area (Å²) in [5.74, 6) is 6.31. The first-order valence-corrected chi connectivity index (χ1v) is 12.2. The number of ether oxygens (including phenoxy) is 2. The number of fused-ring (bicyclic) bond motifs is 1. The summed E-state index contributed by atoms with van der Waals surface area (Å²) < 4.78 is 13.0. The number of anilines is 1. The molecule has 1 atom stereocenters. The fraction of sp³-hybridized carbons (Fsp3) is 0.370. The van der Waals surface area contributed by atoms with Crippen LogP contribution in [0, 0.1) is 0 Å². The van der Waals surface area contributed by atoms with Crippen LogP contribution < -0.4 is 10.9 Å². The van der Waals surface area contributed by atoms with Gasteiger partial charge in [-0.1, -0.05) is 36.9 Å². The van der Waals surface area contributed by atoms with Crippen LogP contribution >= 0.6 is 0 Å². The zero-order valence-electron chi connectivity index (χ0n) is 20.6. The van der Waals surface area contributed by atoms with Crippen molar-refractivity contribution in [2.45, 2.75) is 31.9 Å². The Bertz CT molecular complexity index is 1210. The molecule has 3 aromatic rings. The second-order valence-corrected chi connectivity index (χ2v) is 8.79. The van der Waals surface area contributed by atoms with Crippen molar-refractivity contribution < 1.29 is 19.1 Å². The molecule has 0 aliphatic carbocycles. The number of amides is 2. The van der Waals surface area contributed by atoms with Crippen molar-refractivity contribution in [3.8, 4) is 0 Å². The molecule has 0 radical (unpaired) electrons. The van der Waals surface area contributed by atoms with Crippen LogP contribution in [0.3, 0.4) is 0 Å². The van der Waals surface area contributed by atoms with E-state index in [1.807, 2.05) is 28.8 Å². The Hall–Kier alpha value is -3.53. The molecule has 2 aromatic carbocycles. The highest BCUT2D eigenvalue weighted by molar-refractivity contribution is 6.05. The highest BCUT2D eigenvalue weighted by Gasteiger charge is 2.30. The van der Waals surface area contributed by atoms with E-state index in [1.165, 1.54) is 6.08 Å². The molecular formula is C27H33N5O4. The van der Waals surface area contributed by atoms with Gasteiger partial charge in [-0.3, -0.25) is 9.59 Å². The molecule has 9 heteroatoms. The first kappa shape index (κ1) is 25.6. The number of methoxy groups -OCH3 is 1. The predicted molar refractivity (Wildman–Crippen MR) is 138 cm³/mol. The molecule has 1 saturated heterocycles. The van der Waals surface area contributed by atoms with Gasteiger partial charge in [-0.2, -0.15) is 0 Å². The SMILES string of the molecule is C=CC(=O)N1CCCC[C@@H](n2c(N(N)C(=O)c3ccccc3)nc3cccc(COCCOC)c32)C1. The second kappa shape index (κ2) is 11.9. The van der Waals surface area contributed by atoms with Gasteiger partial charge in [-0.05, 0) is 43.5 Å². The number of aromatic nitrogens is 2. The number of imidazole rings is 1. The first-order valence-electron chi connectivity index (χ1n) is 12.2. The van der Waals surface area contributed by atoms with Gasteiger partial charge in [0.2, 0.25) is 11.9 Å². The van der Waals surface area contributed by atoms with Gasteiger partial charge in [0.15, 0.2) is 0 Å². The molecule has 1 aromatic heterocycles. The van der Waals surface area contributed by atoms with Gasteiger partial charge in [-0.15, -0.1) is 0 Å². The third kappa shape index (κ3) is 5.48. The largest absolute Gasteiger partial charge is 0.382 e. The second-order valence-electron chi connectivity index (χ2n) is 8.79. The molecule has 1 aliphatic rings. The number of rotatable bonds is 9. The van der Waals surface area contributed by atoms with E-state index >= 15 is 0 Å². The van der Waals surface area contributed by atoms with E-state index in [4.69, 9.17) is 20.3 Å². The lowest BCUT2D eigenvalue weighted by Crippen LogP contribution is -2.41. The lowest BCUT2D eigenvalue weighted by atomic mass is 10.1. The Morgan fingerprint density at radius 2 is 1.97 bits per heavy atom. The van der Waals surface area contributed by atoms with Crippen molar-refractivity contribution in [3.63, 3.8) is 0 Å². The summed E-state index contributed by atoms with van der Waals surface area (Å²) in [6.45, 7) is 6.08. The van der Waals surface area contributed by atoms with Gasteiger partial charge < -0.3 is 18.9 Å². The highest BCUT2D eigenvalue weighted by atomic mass is 16.5. The molecule has 2 heterocycles. The fourth-order valence-electron chi connectivity index (χ4n) is 4.63. The van der Waals surface area contributed by atoms with E-state index in [0.29, 0.717) is 49.9 Å². The van der Waals surface area contributed by atoms with Crippen LogP contribution in [-0.4, -0.2) is 59.7 Å². The molecule has 1 aliphatic heterocycles. The van der Waals surface area contributed by atoms with Gasteiger partial charge in [0.05, 0.1) is 36.9 Å². The van der Waals surface area contributed by atoms with Gasteiger partial charge in [0.25, 0.3) is 5.91 Å². The number of carbonyl (C=O) groups is 2.